The Morgan fingerprint density at radius 1 is 1.35 bits per heavy atom. The van der Waals surface area contributed by atoms with Crippen LogP contribution in [0.25, 0.3) is 0 Å². The molecule has 0 aliphatic carbocycles. The number of carbonyl (C=O) groups is 2. The van der Waals surface area contributed by atoms with Crippen molar-refractivity contribution in [3.8, 4) is 0 Å². The van der Waals surface area contributed by atoms with Crippen molar-refractivity contribution in [3.63, 3.8) is 0 Å². The molecule has 3 rings (SSSR count). The lowest BCUT2D eigenvalue weighted by Gasteiger charge is -2.30. The Morgan fingerprint density at radius 2 is 2.10 bits per heavy atom. The first-order valence-corrected chi connectivity index (χ1v) is 6.62. The van der Waals surface area contributed by atoms with Crippen LogP contribution in [0.15, 0.2) is 12.4 Å². The van der Waals surface area contributed by atoms with E-state index in [1.54, 1.807) is 4.90 Å². The van der Waals surface area contributed by atoms with Gasteiger partial charge in [0.15, 0.2) is 11.5 Å². The number of aromatic nitrogens is 2. The van der Waals surface area contributed by atoms with E-state index in [1.807, 2.05) is 11.9 Å². The third-order valence-corrected chi connectivity index (χ3v) is 4.15. The van der Waals surface area contributed by atoms with Crippen molar-refractivity contribution < 1.29 is 14.7 Å². The van der Waals surface area contributed by atoms with E-state index >= 15 is 0 Å². The van der Waals surface area contributed by atoms with Crippen LogP contribution >= 0.6 is 0 Å². The first-order chi connectivity index (χ1) is 9.58. The first kappa shape index (κ1) is 12.8. The van der Waals surface area contributed by atoms with Crippen molar-refractivity contribution in [1.29, 1.82) is 0 Å². The van der Waals surface area contributed by atoms with Crippen molar-refractivity contribution in [3.05, 3.63) is 18.1 Å². The van der Waals surface area contributed by atoms with Crippen LogP contribution in [-0.2, 0) is 4.79 Å². The molecule has 1 amide bonds. The Balaban J connectivity index is 1.87. The van der Waals surface area contributed by atoms with Crippen LogP contribution in [0.4, 0.5) is 5.82 Å². The second kappa shape index (κ2) is 4.73. The van der Waals surface area contributed by atoms with Gasteiger partial charge in [0.25, 0.3) is 0 Å². The first-order valence-electron chi connectivity index (χ1n) is 6.62. The Labute approximate surface area is 116 Å². The van der Waals surface area contributed by atoms with Crippen LogP contribution in [0.5, 0.6) is 0 Å². The predicted molar refractivity (Wildman–Crippen MR) is 70.4 cm³/mol. The minimum absolute atomic E-state index is 0.0491. The fourth-order valence-corrected chi connectivity index (χ4v) is 3.08. The van der Waals surface area contributed by atoms with Gasteiger partial charge in [-0.3, -0.25) is 4.79 Å². The summed E-state index contributed by atoms with van der Waals surface area (Å²) < 4.78 is 0. The molecule has 0 saturated carbocycles. The summed E-state index contributed by atoms with van der Waals surface area (Å²) in [5.41, 5.74) is -0.0491. The molecule has 2 atom stereocenters. The van der Waals surface area contributed by atoms with Gasteiger partial charge >= 0.3 is 5.97 Å². The van der Waals surface area contributed by atoms with Gasteiger partial charge in [0.1, 0.15) is 0 Å². The number of piperidine rings is 1. The van der Waals surface area contributed by atoms with Crippen LogP contribution in [0.1, 0.15) is 16.9 Å². The summed E-state index contributed by atoms with van der Waals surface area (Å²) in [7, 11) is 1.81. The number of amides is 1. The summed E-state index contributed by atoms with van der Waals surface area (Å²) in [6, 6.07) is 0. The Bertz CT molecular complexity index is 562. The number of hydrogen-bond donors (Lipinski definition) is 1. The smallest absolute Gasteiger partial charge is 0.358 e. The molecule has 106 valence electrons. The lowest BCUT2D eigenvalue weighted by atomic mass is 9.88. The fourth-order valence-electron chi connectivity index (χ4n) is 3.08. The molecule has 7 nitrogen and oxygen atoms in total. The van der Waals surface area contributed by atoms with E-state index in [4.69, 9.17) is 0 Å². The summed E-state index contributed by atoms with van der Waals surface area (Å²) in [6.45, 7) is 1.95. The molecule has 2 aliphatic heterocycles. The molecule has 7 heteroatoms. The summed E-state index contributed by atoms with van der Waals surface area (Å²) >= 11 is 0. The van der Waals surface area contributed by atoms with E-state index in [0.717, 1.165) is 13.0 Å². The van der Waals surface area contributed by atoms with Gasteiger partial charge in [0.05, 0.1) is 5.92 Å². The predicted octanol–water partition coefficient (Wildman–Crippen LogP) is 0.0893. The van der Waals surface area contributed by atoms with Crippen molar-refractivity contribution in [1.82, 2.24) is 14.9 Å². The monoisotopic (exact) mass is 276 g/mol. The molecule has 1 aromatic heterocycles. The largest absolute Gasteiger partial charge is 0.476 e. The average molecular weight is 276 g/mol. The number of rotatable bonds is 2. The molecule has 0 radical (unpaired) electrons. The zero-order valence-electron chi connectivity index (χ0n) is 11.2. The molecule has 2 aliphatic rings. The normalized spacial score (nSPS) is 25.8. The summed E-state index contributed by atoms with van der Waals surface area (Å²) in [5, 5.41) is 9.17. The minimum Gasteiger partial charge on any atom is -0.476 e. The van der Waals surface area contributed by atoms with E-state index in [1.165, 1.54) is 12.4 Å². The number of carboxylic acid groups (broad SMARTS) is 1. The summed E-state index contributed by atoms with van der Waals surface area (Å²) in [4.78, 5) is 35.0. The highest BCUT2D eigenvalue weighted by Gasteiger charge is 2.43. The number of anilines is 1. The molecule has 20 heavy (non-hydrogen) atoms. The second-order valence-corrected chi connectivity index (χ2v) is 5.35. The quantitative estimate of drug-likeness (QED) is 0.823. The highest BCUT2D eigenvalue weighted by molar-refractivity contribution is 5.91. The van der Waals surface area contributed by atoms with E-state index in [-0.39, 0.29) is 23.4 Å². The Kier molecular flexibility index (Phi) is 3.04. The highest BCUT2D eigenvalue weighted by atomic mass is 16.4. The van der Waals surface area contributed by atoms with Gasteiger partial charge in [-0.1, -0.05) is 0 Å². The van der Waals surface area contributed by atoms with Gasteiger partial charge < -0.3 is 14.9 Å². The average Bonchev–Trinajstić information content (AvgIpc) is 2.88. The summed E-state index contributed by atoms with van der Waals surface area (Å²) in [6.07, 6.45) is 3.80. The number of likely N-dealkylation sites (tertiary alicyclic amines) is 1. The Hall–Kier alpha value is -2.18. The van der Waals surface area contributed by atoms with Crippen molar-refractivity contribution in [2.24, 2.45) is 11.8 Å². The second-order valence-electron chi connectivity index (χ2n) is 5.35. The van der Waals surface area contributed by atoms with Crippen molar-refractivity contribution in [2.75, 3.05) is 31.6 Å². The highest BCUT2D eigenvalue weighted by Crippen LogP contribution is 2.34. The van der Waals surface area contributed by atoms with Crippen LogP contribution < -0.4 is 4.90 Å². The molecule has 2 saturated heterocycles. The molecule has 0 aromatic carbocycles. The van der Waals surface area contributed by atoms with Gasteiger partial charge in [-0.2, -0.15) is 0 Å². The molecule has 0 spiro atoms. The molecule has 3 heterocycles. The molecule has 1 aromatic rings. The number of carbonyl (C=O) groups excluding carboxylic acids is 1. The van der Waals surface area contributed by atoms with Crippen molar-refractivity contribution >= 4 is 17.7 Å². The topological polar surface area (TPSA) is 86.6 Å². The van der Waals surface area contributed by atoms with Gasteiger partial charge in [-0.15, -0.1) is 0 Å². The van der Waals surface area contributed by atoms with Gasteiger partial charge in [0, 0.05) is 39.1 Å². The number of fused-ring (bicyclic) bond motifs is 1. The fraction of sp³-hybridized carbons (Fsp3) is 0.538. The zero-order valence-corrected chi connectivity index (χ0v) is 11.2. The maximum Gasteiger partial charge on any atom is 0.358 e. The van der Waals surface area contributed by atoms with Crippen LogP contribution in [0.3, 0.4) is 0 Å². The molecule has 0 unspecified atom stereocenters. The molecule has 1 N–H and O–H groups in total. The van der Waals surface area contributed by atoms with Crippen molar-refractivity contribution in [2.45, 2.75) is 6.42 Å². The molecule has 0 bridgehead atoms. The number of hydrogen-bond acceptors (Lipinski definition) is 5. The van der Waals surface area contributed by atoms with E-state index < -0.39 is 5.97 Å². The van der Waals surface area contributed by atoms with Crippen LogP contribution in [0, 0.1) is 11.8 Å². The summed E-state index contributed by atoms with van der Waals surface area (Å²) in [5.74, 6) is -0.361. The third-order valence-electron chi connectivity index (χ3n) is 4.15. The van der Waals surface area contributed by atoms with E-state index in [0.29, 0.717) is 18.9 Å². The number of carboxylic acids is 1. The number of aromatic carboxylic acids is 1. The lowest BCUT2D eigenvalue weighted by Crippen LogP contribution is -2.42. The van der Waals surface area contributed by atoms with Gasteiger partial charge in [0.2, 0.25) is 5.91 Å². The Morgan fingerprint density at radius 3 is 2.85 bits per heavy atom. The minimum atomic E-state index is -1.09. The zero-order chi connectivity index (χ0) is 14.3. The standard InChI is InChI=1S/C13H16N4O3/c1-16-5-2-8-6-17(7-9(8)12(16)18)11-10(13(19)20)14-3-4-15-11/h3-4,8-9H,2,5-7H2,1H3,(H,19,20)/t8-,9+/m1/s1. The molecular weight excluding hydrogens is 260 g/mol. The number of nitrogens with zero attached hydrogens (tertiary/aromatic N) is 4. The maximum absolute atomic E-state index is 12.1. The maximum atomic E-state index is 12.1. The molecule has 2 fully saturated rings. The van der Waals surface area contributed by atoms with Gasteiger partial charge in [-0.05, 0) is 12.3 Å². The third kappa shape index (κ3) is 1.99. The van der Waals surface area contributed by atoms with Crippen LogP contribution in [0.2, 0.25) is 0 Å². The van der Waals surface area contributed by atoms with Gasteiger partial charge in [-0.25, -0.2) is 14.8 Å². The molecular formula is C13H16N4O3. The van der Waals surface area contributed by atoms with Crippen LogP contribution in [-0.4, -0.2) is 58.5 Å². The van der Waals surface area contributed by atoms with E-state index in [2.05, 4.69) is 9.97 Å². The lowest BCUT2D eigenvalue weighted by molar-refractivity contribution is -0.137. The van der Waals surface area contributed by atoms with E-state index in [9.17, 15) is 14.7 Å². The SMILES string of the molecule is CN1CC[C@@H]2CN(c3nccnc3C(=O)O)C[C@@H]2C1=O.